The van der Waals surface area contributed by atoms with Gasteiger partial charge in [-0.1, -0.05) is 164 Å². The van der Waals surface area contributed by atoms with Gasteiger partial charge in [-0.3, -0.25) is 0 Å². The van der Waals surface area contributed by atoms with E-state index >= 15 is 0 Å². The summed E-state index contributed by atoms with van der Waals surface area (Å²) >= 11 is 0. The predicted molar refractivity (Wildman–Crippen MR) is 327 cm³/mol. The van der Waals surface area contributed by atoms with E-state index in [0.29, 0.717) is 0 Å². The van der Waals surface area contributed by atoms with Crippen LogP contribution in [-0.4, -0.2) is 16.9 Å². The van der Waals surface area contributed by atoms with E-state index in [-0.39, 0.29) is 0 Å². The Kier molecular flexibility index (Phi) is 8.49. The third-order valence-corrected chi connectivity index (χ3v) is 18.8. The Morgan fingerprint density at radius 1 is 0.338 bits per heavy atom. The number of nitrogens with zero attached hydrogens (tertiary/aromatic N) is 4. The number of fused-ring (bicyclic) bond motifs is 18. The van der Waals surface area contributed by atoms with E-state index in [1.54, 1.807) is 0 Å². The van der Waals surface area contributed by atoms with Gasteiger partial charge in [-0.2, -0.15) is 0 Å². The van der Waals surface area contributed by atoms with Crippen molar-refractivity contribution in [1.82, 2.24) is 8.80 Å². The maximum Gasteiger partial charge on any atom is 0.159 e. The van der Waals surface area contributed by atoms with Crippen LogP contribution in [0.25, 0.3) is 120 Å². The fourth-order valence-electron chi connectivity index (χ4n) is 13.3. The highest BCUT2D eigenvalue weighted by Crippen LogP contribution is 2.53. The highest BCUT2D eigenvalue weighted by atomic mass is 28.3. The highest BCUT2D eigenvalue weighted by molar-refractivity contribution is 6.88. The van der Waals surface area contributed by atoms with Gasteiger partial charge in [0.1, 0.15) is 11.2 Å². The van der Waals surface area contributed by atoms with Crippen LogP contribution in [0.5, 0.6) is 0 Å². The van der Waals surface area contributed by atoms with E-state index in [2.05, 4.69) is 257 Å². The molecule has 0 unspecified atom stereocenters. The molecular weight excluding hydrogens is 957 g/mol. The summed E-state index contributed by atoms with van der Waals surface area (Å²) in [5.41, 5.74) is 18.3. The first-order valence-corrected chi connectivity index (χ1v) is 30.2. The van der Waals surface area contributed by atoms with Crippen LogP contribution in [0.15, 0.2) is 227 Å². The summed E-state index contributed by atoms with van der Waals surface area (Å²) in [6.45, 7) is 9.39. The lowest BCUT2D eigenvalue weighted by atomic mass is 10.0. The smallest absolute Gasteiger partial charge is 0.159 e. The molecule has 0 saturated heterocycles. The molecule has 0 bridgehead atoms. The van der Waals surface area contributed by atoms with Crippen molar-refractivity contribution in [3.8, 4) is 0 Å². The number of para-hydroxylation sites is 6. The molecule has 6 nitrogen and oxygen atoms in total. The number of anilines is 6. The van der Waals surface area contributed by atoms with Crippen molar-refractivity contribution in [2.45, 2.75) is 26.6 Å². The maximum atomic E-state index is 6.85. The second kappa shape index (κ2) is 15.3. The minimum absolute atomic E-state index is 0.867. The molecule has 0 atom stereocenters. The minimum atomic E-state index is -1.58. The van der Waals surface area contributed by atoms with E-state index in [9.17, 15) is 0 Å². The number of furan rings is 2. The molecular formula is C70H48N4O2Si. The fraction of sp³-hybridized carbons (Fsp3) is 0.0571. The number of benzene rings is 11. The average molecular weight is 1010 g/mol. The SMILES string of the molecule is Cc1ccc(N(c2cccc3c2oc2ccccc23)c2ccc3c4cc5c(cc4n4c6ccccc6c2c34)c2ccc(N(c3ccc([Si](C)(C)C)cc3)c3cccc4c3oc3ccccc34)c3c4ccccc4n5c23)cc1. The molecule has 0 saturated carbocycles. The molecule has 7 heteroatoms. The summed E-state index contributed by atoms with van der Waals surface area (Å²) in [4.78, 5) is 4.86. The number of aromatic nitrogens is 2. The quantitative estimate of drug-likeness (QED) is 0.149. The van der Waals surface area contributed by atoms with Crippen molar-refractivity contribution in [3.05, 3.63) is 224 Å². The van der Waals surface area contributed by atoms with Crippen LogP contribution in [0.2, 0.25) is 19.6 Å². The first-order chi connectivity index (χ1) is 37.8. The van der Waals surface area contributed by atoms with Crippen molar-refractivity contribution in [2.75, 3.05) is 9.80 Å². The van der Waals surface area contributed by atoms with Gasteiger partial charge >= 0.3 is 0 Å². The van der Waals surface area contributed by atoms with Gasteiger partial charge in [0, 0.05) is 76.0 Å². The molecule has 0 aliphatic heterocycles. The van der Waals surface area contributed by atoms with Crippen LogP contribution in [0.1, 0.15) is 5.56 Å². The van der Waals surface area contributed by atoms with E-state index < -0.39 is 8.07 Å². The predicted octanol–water partition coefficient (Wildman–Crippen LogP) is 19.6. The normalized spacial score (nSPS) is 12.7. The molecule has 17 rings (SSSR count). The first-order valence-electron chi connectivity index (χ1n) is 26.7. The van der Waals surface area contributed by atoms with Crippen LogP contribution in [0.4, 0.5) is 34.1 Å². The van der Waals surface area contributed by atoms with E-state index in [1.807, 2.05) is 6.07 Å². The van der Waals surface area contributed by atoms with Crippen LogP contribution >= 0.6 is 0 Å². The Morgan fingerprint density at radius 2 is 0.753 bits per heavy atom. The summed E-state index contributed by atoms with van der Waals surface area (Å²) in [5.74, 6) is 0. The molecule has 0 spiro atoms. The van der Waals surface area contributed by atoms with Gasteiger partial charge in [-0.15, -0.1) is 0 Å². The van der Waals surface area contributed by atoms with Gasteiger partial charge in [0.2, 0.25) is 0 Å². The maximum absolute atomic E-state index is 6.85. The highest BCUT2D eigenvalue weighted by Gasteiger charge is 2.30. The third kappa shape index (κ3) is 5.78. The van der Waals surface area contributed by atoms with Crippen molar-refractivity contribution < 1.29 is 8.83 Å². The lowest BCUT2D eigenvalue weighted by Gasteiger charge is -2.27. The van der Waals surface area contributed by atoms with Crippen LogP contribution in [0, 0.1) is 6.92 Å². The molecule has 0 N–H and O–H groups in total. The standard InChI is InChI=1S/C70H48N4O2Si/c1-41-27-29-42(30-28-41)71(59-23-13-19-49-45-15-7-11-25-63(45)75-69(49)59)57-37-35-47-53-39-62-54(40-61(53)73-55-21-9-5-17-51(55)65(57)67(47)73)48-36-38-58(66-52-18-6-10-22-56(52)74(62)68(48)66)72(43-31-33-44(34-32-43)77(2,3)4)60-24-14-20-50-46-16-8-12-26-64(46)76-70(50)60/h5-40H,1-4H3. The average Bonchev–Trinajstić information content (AvgIpc) is 4.45. The second-order valence-electron chi connectivity index (χ2n) is 22.1. The van der Waals surface area contributed by atoms with Gasteiger partial charge in [-0.05, 0) is 91.9 Å². The van der Waals surface area contributed by atoms with E-state index in [1.165, 1.54) is 86.9 Å². The number of rotatable bonds is 7. The zero-order valence-corrected chi connectivity index (χ0v) is 43.9. The molecule has 0 aliphatic rings. The monoisotopic (exact) mass is 1000 g/mol. The third-order valence-electron chi connectivity index (χ3n) is 16.8. The summed E-state index contributed by atoms with van der Waals surface area (Å²) in [5, 5.41) is 15.6. The van der Waals surface area contributed by atoms with Crippen LogP contribution < -0.4 is 15.0 Å². The Balaban J connectivity index is 0.940. The lowest BCUT2D eigenvalue weighted by molar-refractivity contribution is 0.669. The zero-order valence-electron chi connectivity index (χ0n) is 42.9. The molecule has 0 aliphatic carbocycles. The topological polar surface area (TPSA) is 41.6 Å². The van der Waals surface area contributed by atoms with Crippen molar-refractivity contribution in [3.63, 3.8) is 0 Å². The molecule has 364 valence electrons. The Labute approximate surface area is 443 Å². The molecule has 11 aromatic carbocycles. The molecule has 0 radical (unpaired) electrons. The molecule has 0 fully saturated rings. The molecule has 6 aromatic heterocycles. The van der Waals surface area contributed by atoms with E-state index in [4.69, 9.17) is 8.83 Å². The lowest BCUT2D eigenvalue weighted by Crippen LogP contribution is -2.37. The molecule has 6 heterocycles. The summed E-state index contributed by atoms with van der Waals surface area (Å²) in [7, 11) is -1.58. The molecule has 0 amide bonds. The van der Waals surface area contributed by atoms with Gasteiger partial charge in [-0.25, -0.2) is 0 Å². The molecule has 77 heavy (non-hydrogen) atoms. The summed E-state index contributed by atoms with van der Waals surface area (Å²) in [6, 6.07) is 80.4. The van der Waals surface area contributed by atoms with Crippen LogP contribution in [-0.2, 0) is 0 Å². The van der Waals surface area contributed by atoms with Crippen molar-refractivity contribution >= 4 is 167 Å². The fourth-order valence-corrected chi connectivity index (χ4v) is 14.4. The Morgan fingerprint density at radius 3 is 1.22 bits per heavy atom. The summed E-state index contributed by atoms with van der Waals surface area (Å²) < 4.78 is 18.7. The Hall–Kier alpha value is -9.56. The van der Waals surface area contributed by atoms with E-state index in [0.717, 1.165) is 78.0 Å². The van der Waals surface area contributed by atoms with Gasteiger partial charge in [0.25, 0.3) is 0 Å². The summed E-state index contributed by atoms with van der Waals surface area (Å²) in [6.07, 6.45) is 0. The molecule has 17 aromatic rings. The second-order valence-corrected chi connectivity index (χ2v) is 27.2. The largest absolute Gasteiger partial charge is 0.454 e. The van der Waals surface area contributed by atoms with Gasteiger partial charge < -0.3 is 27.4 Å². The van der Waals surface area contributed by atoms with Gasteiger partial charge in [0.05, 0.1) is 63.9 Å². The van der Waals surface area contributed by atoms with Gasteiger partial charge in [0.15, 0.2) is 11.2 Å². The number of hydrogen-bond acceptors (Lipinski definition) is 4. The minimum Gasteiger partial charge on any atom is -0.454 e. The van der Waals surface area contributed by atoms with Crippen molar-refractivity contribution in [2.24, 2.45) is 0 Å². The zero-order chi connectivity index (χ0) is 51.0. The first kappa shape index (κ1) is 42.8. The Bertz CT molecular complexity index is 5280. The number of hydrogen-bond donors (Lipinski definition) is 0. The van der Waals surface area contributed by atoms with Crippen LogP contribution in [0.3, 0.4) is 0 Å². The number of aryl methyl sites for hydroxylation is 1. The van der Waals surface area contributed by atoms with Crippen molar-refractivity contribution in [1.29, 1.82) is 0 Å².